The minimum absolute atomic E-state index is 0.225. The molecule has 1 N–H and O–H groups in total. The van der Waals surface area contributed by atoms with Crippen LogP contribution < -0.4 is 0 Å². The van der Waals surface area contributed by atoms with E-state index < -0.39 is 5.97 Å². The molecule has 1 saturated heterocycles. The first-order valence-corrected chi connectivity index (χ1v) is 6.53. The average molecular weight is 247 g/mol. The van der Waals surface area contributed by atoms with Gasteiger partial charge >= 0.3 is 5.97 Å². The van der Waals surface area contributed by atoms with Gasteiger partial charge in [-0.1, -0.05) is 31.2 Å². The molecule has 1 unspecified atom stereocenters. The highest BCUT2D eigenvalue weighted by atomic mass is 16.4. The van der Waals surface area contributed by atoms with Gasteiger partial charge in [-0.25, -0.2) is 0 Å². The predicted octanol–water partition coefficient (Wildman–Crippen LogP) is 2.71. The summed E-state index contributed by atoms with van der Waals surface area (Å²) in [7, 11) is 0. The van der Waals surface area contributed by atoms with Crippen LogP contribution in [0, 0.1) is 18.8 Å². The standard InChI is InChI=1S/C15H21NO2/c1-10-6-4-5-7-13(10)12(3)16-8-11(2)14(9-16)15(17)18/h4-7,11-12,14H,8-9H2,1-3H3,(H,17,18)/t11-,12?,14-/m1/s1. The van der Waals surface area contributed by atoms with Crippen LogP contribution in [0.25, 0.3) is 0 Å². The molecule has 0 aromatic heterocycles. The van der Waals surface area contributed by atoms with Gasteiger partial charge in [0.15, 0.2) is 0 Å². The van der Waals surface area contributed by atoms with Crippen molar-refractivity contribution in [3.05, 3.63) is 35.4 Å². The van der Waals surface area contributed by atoms with Gasteiger partial charge in [-0.2, -0.15) is 0 Å². The van der Waals surface area contributed by atoms with Gasteiger partial charge in [0.25, 0.3) is 0 Å². The van der Waals surface area contributed by atoms with Gasteiger partial charge in [-0.05, 0) is 30.9 Å². The molecule has 0 amide bonds. The molecule has 1 aliphatic heterocycles. The second-order valence-corrected chi connectivity index (χ2v) is 5.41. The summed E-state index contributed by atoms with van der Waals surface area (Å²) in [5, 5.41) is 9.18. The molecule has 1 fully saturated rings. The molecule has 2 rings (SSSR count). The van der Waals surface area contributed by atoms with Crippen LogP contribution >= 0.6 is 0 Å². The highest BCUT2D eigenvalue weighted by Gasteiger charge is 2.36. The average Bonchev–Trinajstić information content (AvgIpc) is 2.71. The van der Waals surface area contributed by atoms with Gasteiger partial charge in [-0.3, -0.25) is 9.69 Å². The zero-order valence-electron chi connectivity index (χ0n) is 11.3. The van der Waals surface area contributed by atoms with E-state index in [2.05, 4.69) is 30.9 Å². The summed E-state index contributed by atoms with van der Waals surface area (Å²) in [6.45, 7) is 7.83. The van der Waals surface area contributed by atoms with E-state index in [9.17, 15) is 9.90 Å². The minimum Gasteiger partial charge on any atom is -0.481 e. The van der Waals surface area contributed by atoms with Crippen LogP contribution in [0.15, 0.2) is 24.3 Å². The molecule has 3 heteroatoms. The highest BCUT2D eigenvalue weighted by Crippen LogP contribution is 2.32. The first-order chi connectivity index (χ1) is 8.50. The quantitative estimate of drug-likeness (QED) is 0.892. The normalized spacial score (nSPS) is 26.2. The number of aryl methyl sites for hydroxylation is 1. The zero-order chi connectivity index (χ0) is 13.3. The Hall–Kier alpha value is -1.35. The summed E-state index contributed by atoms with van der Waals surface area (Å²) in [4.78, 5) is 13.4. The fraction of sp³-hybridized carbons (Fsp3) is 0.533. The SMILES string of the molecule is Cc1ccccc1C(C)N1C[C@@H](C)[C@H](C(=O)O)C1. The molecule has 0 radical (unpaired) electrons. The van der Waals surface area contributed by atoms with E-state index in [0.29, 0.717) is 6.54 Å². The lowest BCUT2D eigenvalue weighted by atomic mass is 9.99. The number of hydrogen-bond donors (Lipinski definition) is 1. The van der Waals surface area contributed by atoms with Crippen molar-refractivity contribution in [3.8, 4) is 0 Å². The van der Waals surface area contributed by atoms with Crippen molar-refractivity contribution in [2.24, 2.45) is 11.8 Å². The molecule has 1 aromatic carbocycles. The van der Waals surface area contributed by atoms with Crippen LogP contribution in [0.5, 0.6) is 0 Å². The van der Waals surface area contributed by atoms with Gasteiger partial charge in [-0.15, -0.1) is 0 Å². The highest BCUT2D eigenvalue weighted by molar-refractivity contribution is 5.71. The number of likely N-dealkylation sites (tertiary alicyclic amines) is 1. The van der Waals surface area contributed by atoms with Gasteiger partial charge < -0.3 is 5.11 Å². The van der Waals surface area contributed by atoms with Crippen LogP contribution in [0.2, 0.25) is 0 Å². The van der Waals surface area contributed by atoms with E-state index >= 15 is 0 Å². The van der Waals surface area contributed by atoms with Crippen molar-refractivity contribution in [1.82, 2.24) is 4.90 Å². The van der Waals surface area contributed by atoms with Crippen LogP contribution in [0.4, 0.5) is 0 Å². The third-order valence-electron chi connectivity index (χ3n) is 4.14. The van der Waals surface area contributed by atoms with Crippen molar-refractivity contribution < 1.29 is 9.90 Å². The van der Waals surface area contributed by atoms with Gasteiger partial charge in [0, 0.05) is 19.1 Å². The lowest BCUT2D eigenvalue weighted by Crippen LogP contribution is -2.26. The molecule has 0 spiro atoms. The maximum Gasteiger partial charge on any atom is 0.308 e. The van der Waals surface area contributed by atoms with Crippen molar-refractivity contribution in [3.63, 3.8) is 0 Å². The van der Waals surface area contributed by atoms with Crippen LogP contribution in [-0.4, -0.2) is 29.1 Å². The number of hydrogen-bond acceptors (Lipinski definition) is 2. The molecule has 1 aromatic rings. The largest absolute Gasteiger partial charge is 0.481 e. The molecule has 1 aliphatic rings. The Morgan fingerprint density at radius 1 is 1.39 bits per heavy atom. The molecule has 18 heavy (non-hydrogen) atoms. The van der Waals surface area contributed by atoms with E-state index in [1.807, 2.05) is 19.1 Å². The summed E-state index contributed by atoms with van der Waals surface area (Å²) >= 11 is 0. The third-order valence-corrected chi connectivity index (χ3v) is 4.14. The lowest BCUT2D eigenvalue weighted by molar-refractivity contribution is -0.142. The number of carbonyl (C=O) groups is 1. The Morgan fingerprint density at radius 2 is 2.06 bits per heavy atom. The Morgan fingerprint density at radius 3 is 2.61 bits per heavy atom. The number of nitrogens with zero attached hydrogens (tertiary/aromatic N) is 1. The number of aliphatic carboxylic acids is 1. The molecular formula is C15H21NO2. The second kappa shape index (κ2) is 5.11. The van der Waals surface area contributed by atoms with Gasteiger partial charge in [0.05, 0.1) is 5.92 Å². The lowest BCUT2D eigenvalue weighted by Gasteiger charge is -2.26. The molecule has 3 atom stereocenters. The van der Waals surface area contributed by atoms with Crippen LogP contribution in [-0.2, 0) is 4.79 Å². The van der Waals surface area contributed by atoms with Gasteiger partial charge in [0.2, 0.25) is 0 Å². The topological polar surface area (TPSA) is 40.5 Å². The maximum absolute atomic E-state index is 11.2. The summed E-state index contributed by atoms with van der Waals surface area (Å²) in [5.41, 5.74) is 2.58. The maximum atomic E-state index is 11.2. The molecule has 0 aliphatic carbocycles. The van der Waals surface area contributed by atoms with E-state index in [1.165, 1.54) is 11.1 Å². The molecule has 0 bridgehead atoms. The Kier molecular flexibility index (Phi) is 3.71. The molecular weight excluding hydrogens is 226 g/mol. The van der Waals surface area contributed by atoms with E-state index in [-0.39, 0.29) is 17.9 Å². The number of carboxylic acids is 1. The number of rotatable bonds is 3. The number of benzene rings is 1. The fourth-order valence-electron chi connectivity index (χ4n) is 2.89. The first kappa shape index (κ1) is 13.1. The van der Waals surface area contributed by atoms with E-state index in [1.54, 1.807) is 0 Å². The molecule has 1 heterocycles. The minimum atomic E-state index is -0.665. The van der Waals surface area contributed by atoms with Crippen molar-refractivity contribution in [1.29, 1.82) is 0 Å². The van der Waals surface area contributed by atoms with Crippen LogP contribution in [0.3, 0.4) is 0 Å². The smallest absolute Gasteiger partial charge is 0.308 e. The molecule has 98 valence electrons. The summed E-state index contributed by atoms with van der Waals surface area (Å²) in [6, 6.07) is 8.63. The third kappa shape index (κ3) is 2.41. The van der Waals surface area contributed by atoms with Crippen molar-refractivity contribution in [2.75, 3.05) is 13.1 Å². The summed E-state index contributed by atoms with van der Waals surface area (Å²) in [5.74, 6) is -0.660. The molecule has 3 nitrogen and oxygen atoms in total. The zero-order valence-corrected chi connectivity index (χ0v) is 11.3. The Balaban J connectivity index is 2.14. The van der Waals surface area contributed by atoms with E-state index in [0.717, 1.165) is 6.54 Å². The monoisotopic (exact) mass is 247 g/mol. The Bertz CT molecular complexity index is 444. The molecule has 0 saturated carbocycles. The van der Waals surface area contributed by atoms with Gasteiger partial charge in [0.1, 0.15) is 0 Å². The van der Waals surface area contributed by atoms with Crippen molar-refractivity contribution >= 4 is 5.97 Å². The van der Waals surface area contributed by atoms with Crippen molar-refractivity contribution in [2.45, 2.75) is 26.8 Å². The van der Waals surface area contributed by atoms with E-state index in [4.69, 9.17) is 0 Å². The first-order valence-electron chi connectivity index (χ1n) is 6.53. The summed E-state index contributed by atoms with van der Waals surface area (Å²) < 4.78 is 0. The number of carboxylic acid groups (broad SMARTS) is 1. The second-order valence-electron chi connectivity index (χ2n) is 5.41. The Labute approximate surface area is 108 Å². The fourth-order valence-corrected chi connectivity index (χ4v) is 2.89. The summed E-state index contributed by atoms with van der Waals surface area (Å²) in [6.07, 6.45) is 0. The predicted molar refractivity (Wildman–Crippen MR) is 71.5 cm³/mol. The van der Waals surface area contributed by atoms with Crippen LogP contribution in [0.1, 0.15) is 31.0 Å².